The zero-order valence-electron chi connectivity index (χ0n) is 11.5. The average Bonchev–Trinajstić information content (AvgIpc) is 2.47. The van der Waals surface area contributed by atoms with Crippen molar-refractivity contribution in [2.75, 3.05) is 7.05 Å². The van der Waals surface area contributed by atoms with Crippen LogP contribution in [0.4, 0.5) is 8.78 Å². The first-order valence-corrected chi connectivity index (χ1v) is 6.94. The van der Waals surface area contributed by atoms with Crippen molar-refractivity contribution in [1.29, 1.82) is 0 Å². The molecule has 2 aromatic rings. The lowest BCUT2D eigenvalue weighted by Crippen LogP contribution is -2.20. The lowest BCUT2D eigenvalue weighted by molar-refractivity contribution is -0.0507. The van der Waals surface area contributed by atoms with Gasteiger partial charge >= 0.3 is 6.61 Å². The Hall–Kier alpha value is -1.65. The standard InChI is InChI=1S/C16H16ClF2NO/c1-20-14(10-11-6-2-4-8-13(11)17)12-7-3-5-9-15(12)21-16(18)19/h2-9,14,16,20H,10H2,1H3. The van der Waals surface area contributed by atoms with E-state index in [1.165, 1.54) is 0 Å². The summed E-state index contributed by atoms with van der Waals surface area (Å²) in [6, 6.07) is 14.1. The van der Waals surface area contributed by atoms with E-state index in [4.69, 9.17) is 11.6 Å². The fourth-order valence-electron chi connectivity index (χ4n) is 2.22. The monoisotopic (exact) mass is 311 g/mol. The average molecular weight is 312 g/mol. The first-order valence-electron chi connectivity index (χ1n) is 6.56. The highest BCUT2D eigenvalue weighted by molar-refractivity contribution is 6.31. The van der Waals surface area contributed by atoms with Crippen molar-refractivity contribution >= 4 is 11.6 Å². The van der Waals surface area contributed by atoms with Gasteiger partial charge in [0.05, 0.1) is 0 Å². The maximum absolute atomic E-state index is 12.5. The van der Waals surface area contributed by atoms with Crippen LogP contribution in [0, 0.1) is 0 Å². The van der Waals surface area contributed by atoms with Gasteiger partial charge in [0, 0.05) is 16.6 Å². The molecular weight excluding hydrogens is 296 g/mol. The number of benzene rings is 2. The summed E-state index contributed by atoms with van der Waals surface area (Å²) in [5, 5.41) is 3.78. The summed E-state index contributed by atoms with van der Waals surface area (Å²) >= 11 is 6.16. The highest BCUT2D eigenvalue weighted by Crippen LogP contribution is 2.30. The highest BCUT2D eigenvalue weighted by Gasteiger charge is 2.18. The van der Waals surface area contributed by atoms with Crippen LogP contribution in [-0.4, -0.2) is 13.7 Å². The third-order valence-corrected chi connectivity index (χ3v) is 3.61. The maximum atomic E-state index is 12.5. The Kier molecular flexibility index (Phi) is 5.53. The van der Waals surface area contributed by atoms with Gasteiger partial charge in [0.1, 0.15) is 5.75 Å². The highest BCUT2D eigenvalue weighted by atomic mass is 35.5. The van der Waals surface area contributed by atoms with Gasteiger partial charge in [0.2, 0.25) is 0 Å². The normalized spacial score (nSPS) is 12.4. The molecule has 0 fully saturated rings. The first kappa shape index (κ1) is 15.7. The minimum Gasteiger partial charge on any atom is -0.434 e. The van der Waals surface area contributed by atoms with Crippen molar-refractivity contribution in [1.82, 2.24) is 5.32 Å². The summed E-state index contributed by atoms with van der Waals surface area (Å²) in [6.45, 7) is -2.84. The molecule has 1 unspecified atom stereocenters. The summed E-state index contributed by atoms with van der Waals surface area (Å²) in [7, 11) is 1.78. The van der Waals surface area contributed by atoms with Gasteiger partial charge in [-0.2, -0.15) is 8.78 Å². The Labute approximate surface area is 127 Å². The molecule has 0 spiro atoms. The number of likely N-dealkylation sites (N-methyl/N-ethyl adjacent to an activating group) is 1. The Morgan fingerprint density at radius 1 is 1.10 bits per heavy atom. The Morgan fingerprint density at radius 2 is 1.76 bits per heavy atom. The third kappa shape index (κ3) is 4.16. The van der Waals surface area contributed by atoms with E-state index in [9.17, 15) is 8.78 Å². The van der Waals surface area contributed by atoms with Gasteiger partial charge in [0.25, 0.3) is 0 Å². The predicted octanol–water partition coefficient (Wildman–Crippen LogP) is 4.44. The molecule has 0 aliphatic rings. The molecule has 112 valence electrons. The van der Waals surface area contributed by atoms with Crippen LogP contribution in [0.1, 0.15) is 17.2 Å². The Balaban J connectivity index is 2.27. The Morgan fingerprint density at radius 3 is 2.43 bits per heavy atom. The number of hydrogen-bond donors (Lipinski definition) is 1. The van der Waals surface area contributed by atoms with E-state index in [1.54, 1.807) is 31.3 Å². The van der Waals surface area contributed by atoms with Crippen LogP contribution < -0.4 is 10.1 Å². The van der Waals surface area contributed by atoms with E-state index >= 15 is 0 Å². The molecule has 2 aromatic carbocycles. The van der Waals surface area contributed by atoms with E-state index in [1.807, 2.05) is 24.3 Å². The smallest absolute Gasteiger partial charge is 0.387 e. The molecule has 21 heavy (non-hydrogen) atoms. The van der Waals surface area contributed by atoms with Gasteiger partial charge in [-0.1, -0.05) is 48.0 Å². The fourth-order valence-corrected chi connectivity index (χ4v) is 2.44. The number of halogens is 3. The van der Waals surface area contributed by atoms with E-state index in [0.717, 1.165) is 5.56 Å². The molecule has 0 heterocycles. The number of rotatable bonds is 6. The summed E-state index contributed by atoms with van der Waals surface area (Å²) in [5.41, 5.74) is 1.63. The number of para-hydroxylation sites is 1. The molecule has 0 aromatic heterocycles. The first-order chi connectivity index (χ1) is 10.1. The van der Waals surface area contributed by atoms with Gasteiger partial charge in [-0.25, -0.2) is 0 Å². The molecule has 0 bridgehead atoms. The molecule has 0 amide bonds. The van der Waals surface area contributed by atoms with Crippen LogP contribution in [-0.2, 0) is 6.42 Å². The van der Waals surface area contributed by atoms with Crippen LogP contribution in [0.25, 0.3) is 0 Å². The fraction of sp³-hybridized carbons (Fsp3) is 0.250. The van der Waals surface area contributed by atoms with Crippen molar-refractivity contribution in [3.63, 3.8) is 0 Å². The molecular formula is C16H16ClF2NO. The maximum Gasteiger partial charge on any atom is 0.387 e. The molecule has 0 saturated carbocycles. The Bertz CT molecular complexity index is 592. The summed E-state index contributed by atoms with van der Waals surface area (Å²) in [4.78, 5) is 0. The van der Waals surface area contributed by atoms with Crippen molar-refractivity contribution < 1.29 is 13.5 Å². The van der Waals surface area contributed by atoms with Gasteiger partial charge in [-0.05, 0) is 31.2 Å². The predicted molar refractivity (Wildman–Crippen MR) is 80.0 cm³/mol. The molecule has 1 N–H and O–H groups in total. The lowest BCUT2D eigenvalue weighted by Gasteiger charge is -2.20. The molecule has 2 rings (SSSR count). The van der Waals surface area contributed by atoms with E-state index < -0.39 is 6.61 Å². The van der Waals surface area contributed by atoms with E-state index in [2.05, 4.69) is 10.1 Å². The van der Waals surface area contributed by atoms with Gasteiger partial charge in [-0.3, -0.25) is 0 Å². The number of hydrogen-bond acceptors (Lipinski definition) is 2. The molecule has 5 heteroatoms. The topological polar surface area (TPSA) is 21.3 Å². The van der Waals surface area contributed by atoms with E-state index in [-0.39, 0.29) is 11.8 Å². The second-order valence-electron chi connectivity index (χ2n) is 4.55. The third-order valence-electron chi connectivity index (χ3n) is 3.24. The van der Waals surface area contributed by atoms with Crippen molar-refractivity contribution in [3.05, 3.63) is 64.7 Å². The number of ether oxygens (including phenoxy) is 1. The van der Waals surface area contributed by atoms with Crippen LogP contribution in [0.5, 0.6) is 5.75 Å². The summed E-state index contributed by atoms with van der Waals surface area (Å²) in [5.74, 6) is 0.180. The zero-order chi connectivity index (χ0) is 15.2. The second kappa shape index (κ2) is 7.38. The molecule has 0 saturated heterocycles. The van der Waals surface area contributed by atoms with Gasteiger partial charge < -0.3 is 10.1 Å². The van der Waals surface area contributed by atoms with Crippen LogP contribution in [0.15, 0.2) is 48.5 Å². The SMILES string of the molecule is CNC(Cc1ccccc1Cl)c1ccccc1OC(F)F. The van der Waals surface area contributed by atoms with Crippen molar-refractivity contribution in [2.45, 2.75) is 19.1 Å². The summed E-state index contributed by atoms with van der Waals surface area (Å²) in [6.07, 6.45) is 0.583. The second-order valence-corrected chi connectivity index (χ2v) is 4.96. The quantitative estimate of drug-likeness (QED) is 0.851. The minimum absolute atomic E-state index is 0.167. The molecule has 1 atom stereocenters. The lowest BCUT2D eigenvalue weighted by atomic mass is 9.98. The summed E-state index contributed by atoms with van der Waals surface area (Å²) < 4.78 is 29.6. The van der Waals surface area contributed by atoms with Crippen molar-refractivity contribution in [2.24, 2.45) is 0 Å². The largest absolute Gasteiger partial charge is 0.434 e. The zero-order valence-corrected chi connectivity index (χ0v) is 12.3. The van der Waals surface area contributed by atoms with Crippen LogP contribution in [0.3, 0.4) is 0 Å². The van der Waals surface area contributed by atoms with Crippen LogP contribution in [0.2, 0.25) is 5.02 Å². The van der Waals surface area contributed by atoms with E-state index in [0.29, 0.717) is 17.0 Å². The number of nitrogens with one attached hydrogen (secondary N) is 1. The molecule has 0 aliphatic heterocycles. The molecule has 0 aliphatic carbocycles. The molecule has 2 nitrogen and oxygen atoms in total. The van der Waals surface area contributed by atoms with Crippen LogP contribution >= 0.6 is 11.6 Å². The minimum atomic E-state index is -2.84. The van der Waals surface area contributed by atoms with Crippen molar-refractivity contribution in [3.8, 4) is 5.75 Å². The van der Waals surface area contributed by atoms with Gasteiger partial charge in [0.15, 0.2) is 0 Å². The number of alkyl halides is 2. The molecule has 0 radical (unpaired) electrons. The van der Waals surface area contributed by atoms with Gasteiger partial charge in [-0.15, -0.1) is 0 Å².